The molecule has 0 saturated heterocycles. The molecule has 2 aliphatic carbocycles. The van der Waals surface area contributed by atoms with Crippen molar-refractivity contribution in [1.82, 2.24) is 5.32 Å². The summed E-state index contributed by atoms with van der Waals surface area (Å²) < 4.78 is 5.91. The predicted octanol–water partition coefficient (Wildman–Crippen LogP) is 1.45. The Labute approximate surface area is 116 Å². The van der Waals surface area contributed by atoms with E-state index < -0.39 is 5.60 Å². The lowest BCUT2D eigenvalue weighted by Gasteiger charge is -2.58. The molecule has 0 aliphatic heterocycles. The van der Waals surface area contributed by atoms with E-state index in [9.17, 15) is 5.11 Å². The molecule has 2 rings (SSSR count). The van der Waals surface area contributed by atoms with Crippen LogP contribution in [-0.4, -0.2) is 47.7 Å². The summed E-state index contributed by atoms with van der Waals surface area (Å²) in [5, 5.41) is 22.5. The van der Waals surface area contributed by atoms with Gasteiger partial charge in [0.25, 0.3) is 0 Å². The van der Waals surface area contributed by atoms with Gasteiger partial charge in [0, 0.05) is 24.6 Å². The minimum atomic E-state index is -1.02. The highest BCUT2D eigenvalue weighted by atomic mass is 16.5. The molecule has 0 bridgehead atoms. The van der Waals surface area contributed by atoms with Crippen LogP contribution in [0.3, 0.4) is 0 Å². The zero-order valence-electron chi connectivity index (χ0n) is 12.3. The normalized spacial score (nSPS) is 32.8. The molecule has 0 aromatic carbocycles. The topological polar surface area (TPSA) is 61.7 Å². The Morgan fingerprint density at radius 3 is 2.58 bits per heavy atom. The molecule has 2 saturated carbocycles. The highest BCUT2D eigenvalue weighted by Crippen LogP contribution is 2.53. The quantitative estimate of drug-likeness (QED) is 0.684. The van der Waals surface area contributed by atoms with E-state index in [1.165, 1.54) is 32.1 Å². The molecule has 0 aromatic heterocycles. The minimum Gasteiger partial charge on any atom is -0.393 e. The average Bonchev–Trinajstić information content (AvgIpc) is 2.43. The van der Waals surface area contributed by atoms with E-state index in [0.29, 0.717) is 18.7 Å². The molecule has 3 atom stereocenters. The van der Waals surface area contributed by atoms with E-state index in [1.807, 2.05) is 0 Å². The highest BCUT2D eigenvalue weighted by Gasteiger charge is 2.55. The molecule has 3 N–H and O–H groups in total. The van der Waals surface area contributed by atoms with Crippen LogP contribution in [-0.2, 0) is 4.74 Å². The first-order chi connectivity index (χ1) is 9.04. The van der Waals surface area contributed by atoms with Crippen LogP contribution >= 0.6 is 0 Å². The zero-order chi connectivity index (χ0) is 13.9. The fourth-order valence-electron chi connectivity index (χ4n) is 3.75. The molecule has 0 heterocycles. The van der Waals surface area contributed by atoms with Gasteiger partial charge in [0.2, 0.25) is 0 Å². The summed E-state index contributed by atoms with van der Waals surface area (Å²) in [6.45, 7) is 4.77. The fourth-order valence-corrected chi connectivity index (χ4v) is 3.75. The van der Waals surface area contributed by atoms with Crippen LogP contribution in [0.2, 0.25) is 0 Å². The van der Waals surface area contributed by atoms with Gasteiger partial charge >= 0.3 is 0 Å². The molecular formula is C15H29NO3. The molecule has 4 heteroatoms. The van der Waals surface area contributed by atoms with Crippen LogP contribution in [0, 0.1) is 5.41 Å². The lowest BCUT2D eigenvalue weighted by Crippen LogP contribution is -2.66. The Kier molecular flexibility index (Phi) is 4.88. The van der Waals surface area contributed by atoms with Crippen molar-refractivity contribution in [2.45, 2.75) is 70.1 Å². The van der Waals surface area contributed by atoms with Crippen LogP contribution in [0.4, 0.5) is 0 Å². The van der Waals surface area contributed by atoms with Crippen molar-refractivity contribution in [3.8, 4) is 0 Å². The summed E-state index contributed by atoms with van der Waals surface area (Å²) in [5.41, 5.74) is -0.744. The van der Waals surface area contributed by atoms with E-state index in [1.54, 1.807) is 6.92 Å². The summed E-state index contributed by atoms with van der Waals surface area (Å²) in [5.74, 6) is 0. The molecule has 4 nitrogen and oxygen atoms in total. The molecule has 1 spiro atoms. The monoisotopic (exact) mass is 271 g/mol. The van der Waals surface area contributed by atoms with Gasteiger partial charge in [0.1, 0.15) is 0 Å². The van der Waals surface area contributed by atoms with Crippen LogP contribution in [0.25, 0.3) is 0 Å². The van der Waals surface area contributed by atoms with Crippen molar-refractivity contribution >= 4 is 0 Å². The van der Waals surface area contributed by atoms with Gasteiger partial charge in [0.15, 0.2) is 0 Å². The molecule has 2 aliphatic rings. The standard InChI is InChI=1S/C15H29NO3/c1-3-19-13-9-12(16-10-14(2,18)11-17)15(13)7-5-4-6-8-15/h12-13,16-18H,3-11H2,1-2H3. The maximum atomic E-state index is 9.90. The lowest BCUT2D eigenvalue weighted by molar-refractivity contribution is -0.153. The Morgan fingerprint density at radius 2 is 2.00 bits per heavy atom. The minimum absolute atomic E-state index is 0.200. The molecule has 112 valence electrons. The first kappa shape index (κ1) is 15.2. The second-order valence-corrected chi connectivity index (χ2v) is 6.56. The second kappa shape index (κ2) is 6.08. The van der Waals surface area contributed by atoms with Crippen molar-refractivity contribution in [1.29, 1.82) is 0 Å². The van der Waals surface area contributed by atoms with Gasteiger partial charge in [0.05, 0.1) is 18.3 Å². The van der Waals surface area contributed by atoms with Gasteiger partial charge in [-0.15, -0.1) is 0 Å². The van der Waals surface area contributed by atoms with Crippen LogP contribution in [0.5, 0.6) is 0 Å². The van der Waals surface area contributed by atoms with Crippen LogP contribution in [0.1, 0.15) is 52.4 Å². The molecule has 3 unspecified atom stereocenters. The summed E-state index contributed by atoms with van der Waals surface area (Å²) in [4.78, 5) is 0. The third kappa shape index (κ3) is 3.13. The third-order valence-electron chi connectivity index (χ3n) is 5.01. The first-order valence-electron chi connectivity index (χ1n) is 7.72. The van der Waals surface area contributed by atoms with Gasteiger partial charge in [-0.3, -0.25) is 0 Å². The van der Waals surface area contributed by atoms with Crippen molar-refractivity contribution < 1.29 is 14.9 Å². The Balaban J connectivity index is 1.93. The molecule has 19 heavy (non-hydrogen) atoms. The van der Waals surface area contributed by atoms with Crippen LogP contribution in [0.15, 0.2) is 0 Å². The van der Waals surface area contributed by atoms with Crippen molar-refractivity contribution in [3.63, 3.8) is 0 Å². The van der Waals surface area contributed by atoms with Crippen LogP contribution < -0.4 is 5.32 Å². The molecular weight excluding hydrogens is 242 g/mol. The maximum absolute atomic E-state index is 9.90. The smallest absolute Gasteiger partial charge is 0.0972 e. The van der Waals surface area contributed by atoms with Gasteiger partial charge in [-0.2, -0.15) is 0 Å². The Morgan fingerprint density at radius 1 is 1.32 bits per heavy atom. The average molecular weight is 271 g/mol. The SMILES string of the molecule is CCOC1CC(NCC(C)(O)CO)C12CCCCC2. The highest BCUT2D eigenvalue weighted by molar-refractivity contribution is 5.09. The zero-order valence-corrected chi connectivity index (χ0v) is 12.3. The molecule has 0 aromatic rings. The molecule has 2 fully saturated rings. The number of nitrogens with one attached hydrogen (secondary N) is 1. The van der Waals surface area contributed by atoms with Crippen molar-refractivity contribution in [2.24, 2.45) is 5.41 Å². The number of hydrogen-bond donors (Lipinski definition) is 3. The molecule has 0 radical (unpaired) electrons. The van der Waals surface area contributed by atoms with Crippen molar-refractivity contribution in [2.75, 3.05) is 19.8 Å². The Bertz CT molecular complexity index is 287. The molecule has 0 amide bonds. The van der Waals surface area contributed by atoms with Gasteiger partial charge in [-0.25, -0.2) is 0 Å². The fraction of sp³-hybridized carbons (Fsp3) is 1.00. The van der Waals surface area contributed by atoms with E-state index in [-0.39, 0.29) is 12.0 Å². The Hall–Kier alpha value is -0.160. The number of rotatable bonds is 6. The van der Waals surface area contributed by atoms with E-state index >= 15 is 0 Å². The second-order valence-electron chi connectivity index (χ2n) is 6.56. The van der Waals surface area contributed by atoms with Gasteiger partial charge in [-0.1, -0.05) is 19.3 Å². The predicted molar refractivity (Wildman–Crippen MR) is 75.0 cm³/mol. The number of hydrogen-bond acceptors (Lipinski definition) is 4. The third-order valence-corrected chi connectivity index (χ3v) is 5.01. The van der Waals surface area contributed by atoms with E-state index in [4.69, 9.17) is 9.84 Å². The summed E-state index contributed by atoms with van der Waals surface area (Å²) >= 11 is 0. The van der Waals surface area contributed by atoms with E-state index in [2.05, 4.69) is 12.2 Å². The summed E-state index contributed by atoms with van der Waals surface area (Å²) in [6, 6.07) is 0.433. The number of aliphatic hydroxyl groups excluding tert-OH is 1. The number of aliphatic hydroxyl groups is 2. The summed E-state index contributed by atoms with van der Waals surface area (Å²) in [6.07, 6.45) is 7.80. The lowest BCUT2D eigenvalue weighted by atomic mass is 9.55. The summed E-state index contributed by atoms with van der Waals surface area (Å²) in [7, 11) is 0. The van der Waals surface area contributed by atoms with Gasteiger partial charge < -0.3 is 20.3 Å². The largest absolute Gasteiger partial charge is 0.393 e. The maximum Gasteiger partial charge on any atom is 0.0972 e. The first-order valence-corrected chi connectivity index (χ1v) is 7.72. The van der Waals surface area contributed by atoms with Crippen molar-refractivity contribution in [3.05, 3.63) is 0 Å². The van der Waals surface area contributed by atoms with Gasteiger partial charge in [-0.05, 0) is 33.1 Å². The number of ether oxygens (including phenoxy) is 1. The van der Waals surface area contributed by atoms with E-state index in [0.717, 1.165) is 13.0 Å².